The molecule has 1 N–H and O–H groups in total. The third kappa shape index (κ3) is 3.22. The molecule has 1 aromatic carbocycles. The minimum absolute atomic E-state index is 0.109. The van der Waals surface area contributed by atoms with Crippen molar-refractivity contribution in [1.82, 2.24) is 0 Å². The number of aliphatic carboxylic acids is 1. The van der Waals surface area contributed by atoms with E-state index >= 15 is 0 Å². The number of Topliss-reactive ketones (excluding diaryl/α,β-unsaturated/α-hetero) is 1. The molecule has 1 aliphatic carbocycles. The zero-order valence-electron chi connectivity index (χ0n) is 11.5. The summed E-state index contributed by atoms with van der Waals surface area (Å²) in [5.41, 5.74) is 2.89. The first-order valence-corrected chi connectivity index (χ1v) is 6.82. The zero-order valence-corrected chi connectivity index (χ0v) is 11.5. The number of carbonyl (C=O) groups is 2. The quantitative estimate of drug-likeness (QED) is 0.848. The molecule has 3 nitrogen and oxygen atoms in total. The van der Waals surface area contributed by atoms with Gasteiger partial charge in [-0.25, -0.2) is 0 Å². The van der Waals surface area contributed by atoms with Crippen LogP contribution in [0.2, 0.25) is 0 Å². The van der Waals surface area contributed by atoms with Crippen LogP contribution in [0, 0.1) is 25.7 Å². The summed E-state index contributed by atoms with van der Waals surface area (Å²) in [6.07, 6.45) is 2.83. The Balaban J connectivity index is 2.16. The number of carboxylic acid groups (broad SMARTS) is 1. The van der Waals surface area contributed by atoms with E-state index in [9.17, 15) is 9.59 Å². The zero-order chi connectivity index (χ0) is 14.0. The summed E-state index contributed by atoms with van der Waals surface area (Å²) < 4.78 is 0. The van der Waals surface area contributed by atoms with Gasteiger partial charge in [0.1, 0.15) is 0 Å². The summed E-state index contributed by atoms with van der Waals surface area (Å²) in [5.74, 6) is -1.14. The molecule has 0 amide bonds. The minimum Gasteiger partial charge on any atom is -0.481 e. The van der Waals surface area contributed by atoms with E-state index in [0.29, 0.717) is 12.8 Å². The highest BCUT2D eigenvalue weighted by Gasteiger charge is 2.31. The van der Waals surface area contributed by atoms with Gasteiger partial charge in [-0.3, -0.25) is 9.59 Å². The molecule has 0 heterocycles. The van der Waals surface area contributed by atoms with Crippen molar-refractivity contribution < 1.29 is 14.7 Å². The lowest BCUT2D eigenvalue weighted by Gasteiger charge is -2.25. The normalized spacial score (nSPS) is 23.1. The van der Waals surface area contributed by atoms with Crippen molar-refractivity contribution in [1.29, 1.82) is 0 Å². The van der Waals surface area contributed by atoms with Crippen molar-refractivity contribution in [2.75, 3.05) is 0 Å². The van der Waals surface area contributed by atoms with Gasteiger partial charge in [0, 0.05) is 11.5 Å². The average Bonchev–Trinajstić information content (AvgIpc) is 2.37. The Hall–Kier alpha value is -1.64. The van der Waals surface area contributed by atoms with Gasteiger partial charge in [-0.05, 0) is 45.2 Å². The van der Waals surface area contributed by atoms with Crippen molar-refractivity contribution in [3.63, 3.8) is 0 Å². The molecule has 2 atom stereocenters. The Morgan fingerprint density at radius 1 is 1.05 bits per heavy atom. The van der Waals surface area contributed by atoms with Gasteiger partial charge in [-0.2, -0.15) is 0 Å². The molecule has 102 valence electrons. The summed E-state index contributed by atoms with van der Waals surface area (Å²) >= 11 is 0. The standard InChI is InChI=1S/C16H20O3/c1-10-6-11(2)8-14(7-10)15(17)12-4-3-5-13(9-12)16(18)19/h6-8,12-13H,3-5,9H2,1-2H3,(H,18,19). The van der Waals surface area contributed by atoms with Crippen molar-refractivity contribution >= 4 is 11.8 Å². The Kier molecular flexibility index (Phi) is 4.03. The first-order valence-electron chi connectivity index (χ1n) is 6.82. The van der Waals surface area contributed by atoms with Crippen LogP contribution in [0.4, 0.5) is 0 Å². The SMILES string of the molecule is Cc1cc(C)cc(C(=O)C2CCCC(C(=O)O)C2)c1. The fourth-order valence-electron chi connectivity index (χ4n) is 3.00. The first kappa shape index (κ1) is 13.8. The van der Waals surface area contributed by atoms with E-state index in [4.69, 9.17) is 5.11 Å². The van der Waals surface area contributed by atoms with Crippen molar-refractivity contribution in [2.24, 2.45) is 11.8 Å². The van der Waals surface area contributed by atoms with Crippen LogP contribution in [-0.2, 0) is 4.79 Å². The van der Waals surface area contributed by atoms with Gasteiger partial charge in [0.05, 0.1) is 5.92 Å². The lowest BCUT2D eigenvalue weighted by atomic mass is 9.78. The van der Waals surface area contributed by atoms with E-state index in [1.807, 2.05) is 32.0 Å². The van der Waals surface area contributed by atoms with Crippen LogP contribution in [-0.4, -0.2) is 16.9 Å². The van der Waals surface area contributed by atoms with Crippen LogP contribution in [0.1, 0.15) is 47.2 Å². The maximum absolute atomic E-state index is 12.5. The molecule has 3 heteroatoms. The topological polar surface area (TPSA) is 54.4 Å². The third-order valence-corrected chi connectivity index (χ3v) is 3.90. The van der Waals surface area contributed by atoms with Crippen LogP contribution < -0.4 is 0 Å². The smallest absolute Gasteiger partial charge is 0.306 e. The molecule has 0 bridgehead atoms. The van der Waals surface area contributed by atoms with Crippen molar-refractivity contribution in [3.8, 4) is 0 Å². The van der Waals surface area contributed by atoms with Gasteiger partial charge in [0.15, 0.2) is 5.78 Å². The number of aryl methyl sites for hydroxylation is 2. The van der Waals surface area contributed by atoms with Crippen LogP contribution in [0.5, 0.6) is 0 Å². The maximum atomic E-state index is 12.5. The molecule has 2 rings (SSSR count). The summed E-state index contributed by atoms with van der Waals surface area (Å²) in [7, 11) is 0. The second-order valence-electron chi connectivity index (χ2n) is 5.64. The summed E-state index contributed by atoms with van der Waals surface area (Å²) in [4.78, 5) is 23.5. The molecular formula is C16H20O3. The number of ketones is 1. The molecule has 0 spiro atoms. The molecular weight excluding hydrogens is 240 g/mol. The molecule has 1 fully saturated rings. The summed E-state index contributed by atoms with van der Waals surface area (Å²) in [6, 6.07) is 5.84. The van der Waals surface area contributed by atoms with Crippen LogP contribution in [0.25, 0.3) is 0 Å². The number of rotatable bonds is 3. The summed E-state index contributed by atoms with van der Waals surface area (Å²) in [5, 5.41) is 9.09. The fraction of sp³-hybridized carbons (Fsp3) is 0.500. The third-order valence-electron chi connectivity index (χ3n) is 3.90. The average molecular weight is 260 g/mol. The fourth-order valence-corrected chi connectivity index (χ4v) is 3.00. The lowest BCUT2D eigenvalue weighted by molar-refractivity contribution is -0.143. The molecule has 0 radical (unpaired) electrons. The highest BCUT2D eigenvalue weighted by Crippen LogP contribution is 2.31. The van der Waals surface area contributed by atoms with E-state index in [-0.39, 0.29) is 17.6 Å². The van der Waals surface area contributed by atoms with Crippen LogP contribution >= 0.6 is 0 Å². The number of carbonyl (C=O) groups excluding carboxylic acids is 1. The summed E-state index contributed by atoms with van der Waals surface area (Å²) in [6.45, 7) is 3.95. The molecule has 0 aromatic heterocycles. The van der Waals surface area contributed by atoms with Gasteiger partial charge in [-0.15, -0.1) is 0 Å². The predicted molar refractivity (Wildman–Crippen MR) is 73.3 cm³/mol. The molecule has 1 aliphatic rings. The van der Waals surface area contributed by atoms with E-state index in [2.05, 4.69) is 0 Å². The highest BCUT2D eigenvalue weighted by atomic mass is 16.4. The number of hydrogen-bond donors (Lipinski definition) is 1. The van der Waals surface area contributed by atoms with Gasteiger partial charge in [0.25, 0.3) is 0 Å². The molecule has 2 unspecified atom stereocenters. The Morgan fingerprint density at radius 2 is 1.63 bits per heavy atom. The number of hydrogen-bond acceptors (Lipinski definition) is 2. The molecule has 1 aromatic rings. The van der Waals surface area contributed by atoms with E-state index in [1.54, 1.807) is 0 Å². The monoisotopic (exact) mass is 260 g/mol. The largest absolute Gasteiger partial charge is 0.481 e. The maximum Gasteiger partial charge on any atom is 0.306 e. The van der Waals surface area contributed by atoms with Crippen molar-refractivity contribution in [2.45, 2.75) is 39.5 Å². The lowest BCUT2D eigenvalue weighted by Crippen LogP contribution is -2.27. The predicted octanol–water partition coefficient (Wildman–Crippen LogP) is 3.38. The van der Waals surface area contributed by atoms with Gasteiger partial charge in [-0.1, -0.05) is 23.6 Å². The Morgan fingerprint density at radius 3 is 2.21 bits per heavy atom. The second kappa shape index (κ2) is 5.55. The van der Waals surface area contributed by atoms with Gasteiger partial charge >= 0.3 is 5.97 Å². The minimum atomic E-state index is -0.766. The first-order chi connectivity index (χ1) is 8.97. The van der Waals surface area contributed by atoms with E-state index in [0.717, 1.165) is 29.5 Å². The number of benzene rings is 1. The molecule has 0 saturated heterocycles. The van der Waals surface area contributed by atoms with Gasteiger partial charge in [0.2, 0.25) is 0 Å². The molecule has 1 saturated carbocycles. The van der Waals surface area contributed by atoms with E-state index < -0.39 is 5.97 Å². The van der Waals surface area contributed by atoms with Crippen molar-refractivity contribution in [3.05, 3.63) is 34.9 Å². The second-order valence-corrected chi connectivity index (χ2v) is 5.64. The Bertz CT molecular complexity index is 484. The molecule has 0 aliphatic heterocycles. The van der Waals surface area contributed by atoms with Gasteiger partial charge < -0.3 is 5.11 Å². The Labute approximate surface area is 113 Å². The van der Waals surface area contributed by atoms with Crippen LogP contribution in [0.15, 0.2) is 18.2 Å². The van der Waals surface area contributed by atoms with Crippen LogP contribution in [0.3, 0.4) is 0 Å². The highest BCUT2D eigenvalue weighted by molar-refractivity contribution is 5.98. The molecule has 19 heavy (non-hydrogen) atoms. The van der Waals surface area contributed by atoms with E-state index in [1.165, 1.54) is 0 Å². The number of carboxylic acids is 1.